The van der Waals surface area contributed by atoms with Crippen molar-refractivity contribution in [3.05, 3.63) is 16.3 Å². The summed E-state index contributed by atoms with van der Waals surface area (Å²) in [5, 5.41) is 26.2. The molecule has 0 atom stereocenters. The Hall–Kier alpha value is -1.28. The van der Waals surface area contributed by atoms with E-state index in [1.54, 1.807) is 18.8 Å². The molecule has 0 unspecified atom stereocenters. The van der Waals surface area contributed by atoms with Gasteiger partial charge in [-0.1, -0.05) is 0 Å². The first-order chi connectivity index (χ1) is 8.15. The van der Waals surface area contributed by atoms with Crippen LogP contribution >= 0.6 is 11.8 Å². The summed E-state index contributed by atoms with van der Waals surface area (Å²) in [5.74, 6) is 2.02. The SMILES string of the molecule is Cn1cc([N+](=O)[O-])c(NCCSCCCO)n1. The highest BCUT2D eigenvalue weighted by Gasteiger charge is 2.17. The highest BCUT2D eigenvalue weighted by Crippen LogP contribution is 2.21. The highest BCUT2D eigenvalue weighted by molar-refractivity contribution is 7.99. The number of thioether (sulfide) groups is 1. The van der Waals surface area contributed by atoms with E-state index >= 15 is 0 Å². The predicted octanol–water partition coefficient (Wildman–Crippen LogP) is 0.856. The van der Waals surface area contributed by atoms with E-state index in [0.29, 0.717) is 12.4 Å². The molecule has 0 amide bonds. The first-order valence-corrected chi connectivity index (χ1v) is 6.41. The molecule has 17 heavy (non-hydrogen) atoms. The Morgan fingerprint density at radius 3 is 3.06 bits per heavy atom. The van der Waals surface area contributed by atoms with E-state index in [0.717, 1.165) is 17.9 Å². The average molecular weight is 260 g/mol. The minimum Gasteiger partial charge on any atom is -0.396 e. The Bertz CT molecular complexity index is 369. The third-order valence-corrected chi connectivity index (χ3v) is 3.06. The van der Waals surface area contributed by atoms with Crippen molar-refractivity contribution in [2.45, 2.75) is 6.42 Å². The van der Waals surface area contributed by atoms with Crippen molar-refractivity contribution in [1.29, 1.82) is 0 Å². The molecule has 0 fully saturated rings. The number of anilines is 1. The average Bonchev–Trinajstić information content (AvgIpc) is 2.65. The van der Waals surface area contributed by atoms with E-state index in [1.807, 2.05) is 0 Å². The lowest BCUT2D eigenvalue weighted by Gasteiger charge is -2.02. The number of aliphatic hydroxyl groups is 1. The molecule has 7 nitrogen and oxygen atoms in total. The monoisotopic (exact) mass is 260 g/mol. The Morgan fingerprint density at radius 2 is 2.41 bits per heavy atom. The lowest BCUT2D eigenvalue weighted by molar-refractivity contribution is -0.384. The molecule has 1 heterocycles. The number of hydrogen-bond acceptors (Lipinski definition) is 6. The van der Waals surface area contributed by atoms with Crippen LogP contribution in [0.2, 0.25) is 0 Å². The fraction of sp³-hybridized carbons (Fsp3) is 0.667. The van der Waals surface area contributed by atoms with Crippen LogP contribution in [0.15, 0.2) is 6.20 Å². The second-order valence-electron chi connectivity index (χ2n) is 3.41. The fourth-order valence-electron chi connectivity index (χ4n) is 1.25. The van der Waals surface area contributed by atoms with Crippen LogP contribution in [0.4, 0.5) is 11.5 Å². The van der Waals surface area contributed by atoms with Crippen molar-refractivity contribution < 1.29 is 10.0 Å². The van der Waals surface area contributed by atoms with Crippen LogP contribution in [-0.2, 0) is 7.05 Å². The number of hydrogen-bond donors (Lipinski definition) is 2. The lowest BCUT2D eigenvalue weighted by Crippen LogP contribution is -2.07. The van der Waals surface area contributed by atoms with Gasteiger partial charge in [0, 0.05) is 26.0 Å². The molecule has 96 valence electrons. The van der Waals surface area contributed by atoms with Crippen LogP contribution in [-0.4, -0.2) is 44.5 Å². The normalized spacial score (nSPS) is 10.5. The van der Waals surface area contributed by atoms with E-state index in [2.05, 4.69) is 10.4 Å². The first-order valence-electron chi connectivity index (χ1n) is 5.25. The summed E-state index contributed by atoms with van der Waals surface area (Å²) >= 11 is 1.69. The molecule has 1 aromatic heterocycles. The number of aromatic nitrogens is 2. The number of nitrogens with zero attached hydrogens (tertiary/aromatic N) is 3. The van der Waals surface area contributed by atoms with Crippen molar-refractivity contribution in [2.75, 3.05) is 30.0 Å². The second kappa shape index (κ2) is 7.13. The summed E-state index contributed by atoms with van der Waals surface area (Å²) in [4.78, 5) is 10.2. The molecule has 0 saturated carbocycles. The van der Waals surface area contributed by atoms with Crippen LogP contribution in [0.25, 0.3) is 0 Å². The van der Waals surface area contributed by atoms with Gasteiger partial charge in [0.2, 0.25) is 5.82 Å². The molecular formula is C9H16N4O3S. The number of nitro groups is 1. The Labute approximate surface area is 103 Å². The van der Waals surface area contributed by atoms with Crippen LogP contribution < -0.4 is 5.32 Å². The third-order valence-electron chi connectivity index (χ3n) is 1.99. The largest absolute Gasteiger partial charge is 0.396 e. The summed E-state index contributed by atoms with van der Waals surface area (Å²) < 4.78 is 1.42. The van der Waals surface area contributed by atoms with E-state index in [-0.39, 0.29) is 12.3 Å². The molecule has 0 aliphatic heterocycles. The molecular weight excluding hydrogens is 244 g/mol. The number of rotatable bonds is 8. The standard InChI is InChI=1S/C9H16N4O3S/c1-12-7-8(13(15)16)9(11-12)10-3-6-17-5-2-4-14/h7,14H,2-6H2,1H3,(H,10,11). The molecule has 2 N–H and O–H groups in total. The maximum atomic E-state index is 10.7. The predicted molar refractivity (Wildman–Crippen MR) is 67.4 cm³/mol. The maximum absolute atomic E-state index is 10.7. The number of aryl methyl sites for hydroxylation is 1. The minimum absolute atomic E-state index is 0.00661. The molecule has 0 saturated heterocycles. The molecule has 8 heteroatoms. The minimum atomic E-state index is -0.450. The van der Waals surface area contributed by atoms with Crippen molar-refractivity contribution in [3.8, 4) is 0 Å². The van der Waals surface area contributed by atoms with Gasteiger partial charge in [0.1, 0.15) is 6.20 Å². The smallest absolute Gasteiger partial charge is 0.330 e. The Balaban J connectivity index is 2.33. The molecule has 0 spiro atoms. The van der Waals surface area contributed by atoms with Gasteiger partial charge in [-0.15, -0.1) is 5.10 Å². The van der Waals surface area contributed by atoms with Gasteiger partial charge in [-0.05, 0) is 12.2 Å². The topological polar surface area (TPSA) is 93.2 Å². The van der Waals surface area contributed by atoms with E-state index < -0.39 is 4.92 Å². The Kier molecular flexibility index (Phi) is 5.78. The van der Waals surface area contributed by atoms with Crippen molar-refractivity contribution in [2.24, 2.45) is 7.05 Å². The van der Waals surface area contributed by atoms with Gasteiger partial charge < -0.3 is 10.4 Å². The van der Waals surface area contributed by atoms with Crippen molar-refractivity contribution >= 4 is 23.3 Å². The van der Waals surface area contributed by atoms with Gasteiger partial charge in [0.05, 0.1) is 4.92 Å². The lowest BCUT2D eigenvalue weighted by atomic mass is 10.5. The molecule has 1 aromatic rings. The Morgan fingerprint density at radius 1 is 1.65 bits per heavy atom. The molecule has 1 rings (SSSR count). The zero-order valence-electron chi connectivity index (χ0n) is 9.63. The highest BCUT2D eigenvalue weighted by atomic mass is 32.2. The number of nitrogens with one attached hydrogen (secondary N) is 1. The zero-order chi connectivity index (χ0) is 12.7. The molecule has 0 bridgehead atoms. The van der Waals surface area contributed by atoms with Crippen LogP contribution in [0.3, 0.4) is 0 Å². The van der Waals surface area contributed by atoms with Crippen LogP contribution in [0.1, 0.15) is 6.42 Å². The van der Waals surface area contributed by atoms with Crippen molar-refractivity contribution in [1.82, 2.24) is 9.78 Å². The molecule has 0 radical (unpaired) electrons. The summed E-state index contributed by atoms with van der Waals surface area (Å²) in [5.41, 5.74) is -0.00661. The maximum Gasteiger partial charge on any atom is 0.330 e. The third kappa shape index (κ3) is 4.61. The summed E-state index contributed by atoms with van der Waals surface area (Å²) in [6, 6.07) is 0. The second-order valence-corrected chi connectivity index (χ2v) is 4.63. The van der Waals surface area contributed by atoms with Gasteiger partial charge in [0.15, 0.2) is 0 Å². The van der Waals surface area contributed by atoms with E-state index in [4.69, 9.17) is 5.11 Å². The zero-order valence-corrected chi connectivity index (χ0v) is 10.4. The van der Waals surface area contributed by atoms with Gasteiger partial charge >= 0.3 is 5.69 Å². The molecule has 0 aromatic carbocycles. The van der Waals surface area contributed by atoms with Crippen molar-refractivity contribution in [3.63, 3.8) is 0 Å². The quantitative estimate of drug-likeness (QED) is 0.409. The number of aliphatic hydroxyl groups excluding tert-OH is 1. The van der Waals surface area contributed by atoms with Gasteiger partial charge in [0.25, 0.3) is 0 Å². The van der Waals surface area contributed by atoms with E-state index in [1.165, 1.54) is 10.9 Å². The van der Waals surface area contributed by atoms with Gasteiger partial charge in [-0.3, -0.25) is 14.8 Å². The summed E-state index contributed by atoms with van der Waals surface area (Å²) in [6.07, 6.45) is 2.15. The van der Waals surface area contributed by atoms with Crippen LogP contribution in [0.5, 0.6) is 0 Å². The first kappa shape index (κ1) is 13.8. The molecule has 0 aliphatic rings. The van der Waals surface area contributed by atoms with E-state index in [9.17, 15) is 10.1 Å². The van der Waals surface area contributed by atoms with Gasteiger partial charge in [-0.25, -0.2) is 0 Å². The summed E-state index contributed by atoms with van der Waals surface area (Å²) in [7, 11) is 1.65. The fourth-order valence-corrected chi connectivity index (χ4v) is 2.03. The summed E-state index contributed by atoms with van der Waals surface area (Å²) in [6.45, 7) is 0.820. The van der Waals surface area contributed by atoms with Crippen LogP contribution in [0, 0.1) is 10.1 Å². The molecule has 0 aliphatic carbocycles. The van der Waals surface area contributed by atoms with Gasteiger partial charge in [-0.2, -0.15) is 11.8 Å².